The van der Waals surface area contributed by atoms with Gasteiger partial charge in [0.15, 0.2) is 0 Å². The van der Waals surface area contributed by atoms with Crippen molar-refractivity contribution in [3.63, 3.8) is 0 Å². The molecule has 0 radical (unpaired) electrons. The number of benzene rings is 2. The van der Waals surface area contributed by atoms with Crippen LogP contribution >= 0.6 is 34.8 Å². The summed E-state index contributed by atoms with van der Waals surface area (Å²) in [5.41, 5.74) is 1.59. The molecule has 4 nitrogen and oxygen atoms in total. The van der Waals surface area contributed by atoms with Crippen LogP contribution in [0.15, 0.2) is 42.5 Å². The van der Waals surface area contributed by atoms with E-state index in [0.717, 1.165) is 36.8 Å². The van der Waals surface area contributed by atoms with Crippen LogP contribution in [0.1, 0.15) is 50.2 Å². The molecule has 0 aliphatic heterocycles. The van der Waals surface area contributed by atoms with Crippen molar-refractivity contribution in [3.05, 3.63) is 68.7 Å². The fourth-order valence-electron chi connectivity index (χ4n) is 4.00. The van der Waals surface area contributed by atoms with E-state index in [0.29, 0.717) is 21.5 Å². The van der Waals surface area contributed by atoms with Crippen LogP contribution in [0.5, 0.6) is 0 Å². The van der Waals surface area contributed by atoms with Crippen LogP contribution in [0.3, 0.4) is 0 Å². The van der Waals surface area contributed by atoms with E-state index in [1.165, 1.54) is 0 Å². The molecule has 1 N–H and O–H groups in total. The van der Waals surface area contributed by atoms with Crippen LogP contribution in [0, 0.1) is 0 Å². The Morgan fingerprint density at radius 3 is 2.29 bits per heavy atom. The largest absolute Gasteiger partial charge is 0.352 e. The van der Waals surface area contributed by atoms with Gasteiger partial charge in [-0.25, -0.2) is 0 Å². The number of carbonyl (C=O) groups excluding carboxylic acids is 2. The molecule has 1 aliphatic rings. The third kappa shape index (κ3) is 6.61. The molecule has 0 unspecified atom stereocenters. The second-order valence-corrected chi connectivity index (χ2v) is 9.25. The van der Waals surface area contributed by atoms with Crippen molar-refractivity contribution in [2.45, 2.75) is 64.1 Å². The van der Waals surface area contributed by atoms with Crippen molar-refractivity contribution < 1.29 is 9.59 Å². The zero-order valence-electron chi connectivity index (χ0n) is 17.5. The van der Waals surface area contributed by atoms with Crippen molar-refractivity contribution in [1.29, 1.82) is 0 Å². The Morgan fingerprint density at radius 2 is 1.68 bits per heavy atom. The quantitative estimate of drug-likeness (QED) is 0.498. The first kappa shape index (κ1) is 23.9. The summed E-state index contributed by atoms with van der Waals surface area (Å²) in [7, 11) is 0. The van der Waals surface area contributed by atoms with E-state index in [1.54, 1.807) is 35.2 Å². The SMILES string of the molecule is CC[C@H](C(=O)NC1CCCC1)N(Cc1ccc(Cl)cc1Cl)C(=O)Cc1ccc(Cl)cc1. The summed E-state index contributed by atoms with van der Waals surface area (Å²) < 4.78 is 0. The molecule has 1 aliphatic carbocycles. The van der Waals surface area contributed by atoms with Gasteiger partial charge >= 0.3 is 0 Å². The normalized spacial score (nSPS) is 15.0. The van der Waals surface area contributed by atoms with E-state index in [4.69, 9.17) is 34.8 Å². The Kier molecular flexibility index (Phi) is 8.65. The van der Waals surface area contributed by atoms with Crippen LogP contribution in [-0.4, -0.2) is 28.8 Å². The lowest BCUT2D eigenvalue weighted by atomic mass is 10.1. The number of rotatable bonds is 8. The van der Waals surface area contributed by atoms with Crippen molar-refractivity contribution >= 4 is 46.6 Å². The van der Waals surface area contributed by atoms with Gasteiger partial charge in [-0.1, -0.05) is 72.8 Å². The highest BCUT2D eigenvalue weighted by Crippen LogP contribution is 2.25. The van der Waals surface area contributed by atoms with E-state index in [2.05, 4.69) is 5.32 Å². The molecule has 2 amide bonds. The van der Waals surface area contributed by atoms with E-state index in [1.807, 2.05) is 19.1 Å². The molecule has 0 bridgehead atoms. The van der Waals surface area contributed by atoms with Crippen molar-refractivity contribution in [2.75, 3.05) is 0 Å². The molecule has 0 spiro atoms. The molecule has 1 atom stereocenters. The molecule has 1 fully saturated rings. The highest BCUT2D eigenvalue weighted by Gasteiger charge is 2.31. The molecular formula is C24H27Cl3N2O2. The van der Waals surface area contributed by atoms with E-state index in [9.17, 15) is 9.59 Å². The molecule has 2 aromatic carbocycles. The Balaban J connectivity index is 1.84. The minimum atomic E-state index is -0.577. The molecule has 0 heterocycles. The summed E-state index contributed by atoms with van der Waals surface area (Å²) >= 11 is 18.4. The number of carbonyl (C=O) groups is 2. The highest BCUT2D eigenvalue weighted by molar-refractivity contribution is 6.35. The van der Waals surface area contributed by atoms with Crippen molar-refractivity contribution in [2.24, 2.45) is 0 Å². The highest BCUT2D eigenvalue weighted by atomic mass is 35.5. The summed E-state index contributed by atoms with van der Waals surface area (Å²) in [5.74, 6) is -0.245. The van der Waals surface area contributed by atoms with Gasteiger partial charge in [-0.05, 0) is 54.7 Å². The predicted octanol–water partition coefficient (Wildman–Crippen LogP) is 6.06. The van der Waals surface area contributed by atoms with Gasteiger partial charge in [-0.2, -0.15) is 0 Å². The summed E-state index contributed by atoms with van der Waals surface area (Å²) in [6.45, 7) is 2.16. The second-order valence-electron chi connectivity index (χ2n) is 7.97. The van der Waals surface area contributed by atoms with Gasteiger partial charge in [0.05, 0.1) is 6.42 Å². The lowest BCUT2D eigenvalue weighted by Gasteiger charge is -2.32. The number of hydrogen-bond acceptors (Lipinski definition) is 2. The summed E-state index contributed by atoms with van der Waals surface area (Å²) in [5, 5.41) is 4.76. The maximum absolute atomic E-state index is 13.4. The first-order valence-electron chi connectivity index (χ1n) is 10.7. The minimum Gasteiger partial charge on any atom is -0.352 e. The van der Waals surface area contributed by atoms with Crippen molar-refractivity contribution in [3.8, 4) is 0 Å². The molecule has 166 valence electrons. The predicted molar refractivity (Wildman–Crippen MR) is 127 cm³/mol. The van der Waals surface area contributed by atoms with Crippen LogP contribution in [0.2, 0.25) is 15.1 Å². The van der Waals surface area contributed by atoms with Crippen molar-refractivity contribution in [1.82, 2.24) is 10.2 Å². The van der Waals surface area contributed by atoms with Gasteiger partial charge in [0.1, 0.15) is 6.04 Å². The van der Waals surface area contributed by atoms with E-state index in [-0.39, 0.29) is 30.8 Å². The third-order valence-electron chi connectivity index (χ3n) is 5.71. The third-order valence-corrected chi connectivity index (χ3v) is 6.55. The zero-order valence-corrected chi connectivity index (χ0v) is 19.8. The van der Waals surface area contributed by atoms with Gasteiger partial charge in [-0.15, -0.1) is 0 Å². The van der Waals surface area contributed by atoms with Gasteiger partial charge in [0.25, 0.3) is 0 Å². The molecule has 7 heteroatoms. The topological polar surface area (TPSA) is 49.4 Å². The van der Waals surface area contributed by atoms with Crippen LogP contribution in [-0.2, 0) is 22.6 Å². The Bertz CT molecular complexity index is 912. The average Bonchev–Trinajstić information content (AvgIpc) is 3.24. The van der Waals surface area contributed by atoms with Gasteiger partial charge in [0, 0.05) is 27.7 Å². The molecular weight excluding hydrogens is 455 g/mol. The monoisotopic (exact) mass is 480 g/mol. The molecule has 0 aromatic heterocycles. The Morgan fingerprint density at radius 1 is 1.03 bits per heavy atom. The first-order valence-corrected chi connectivity index (χ1v) is 11.8. The lowest BCUT2D eigenvalue weighted by Crippen LogP contribution is -2.51. The average molecular weight is 482 g/mol. The van der Waals surface area contributed by atoms with Crippen LogP contribution in [0.25, 0.3) is 0 Å². The molecule has 1 saturated carbocycles. The van der Waals surface area contributed by atoms with Gasteiger partial charge < -0.3 is 10.2 Å². The number of amides is 2. The van der Waals surface area contributed by atoms with Crippen LogP contribution < -0.4 is 5.32 Å². The smallest absolute Gasteiger partial charge is 0.243 e. The Hall–Kier alpha value is -1.75. The molecule has 0 saturated heterocycles. The maximum Gasteiger partial charge on any atom is 0.243 e. The van der Waals surface area contributed by atoms with Crippen LogP contribution in [0.4, 0.5) is 0 Å². The number of nitrogens with zero attached hydrogens (tertiary/aromatic N) is 1. The molecule has 2 aromatic rings. The standard InChI is InChI=1S/C24H27Cl3N2O2/c1-2-22(24(31)28-20-5-3-4-6-20)29(15-17-9-12-19(26)14-21(17)27)23(30)13-16-7-10-18(25)11-8-16/h7-12,14,20,22H,2-6,13,15H2,1H3,(H,28,31)/t22-/m1/s1. The number of nitrogens with one attached hydrogen (secondary N) is 1. The molecule has 31 heavy (non-hydrogen) atoms. The van der Waals surface area contributed by atoms with Gasteiger partial charge in [0.2, 0.25) is 11.8 Å². The summed E-state index contributed by atoms with van der Waals surface area (Å²) in [4.78, 5) is 28.1. The lowest BCUT2D eigenvalue weighted by molar-refractivity contribution is -0.141. The van der Waals surface area contributed by atoms with Gasteiger partial charge in [-0.3, -0.25) is 9.59 Å². The summed E-state index contributed by atoms with van der Waals surface area (Å²) in [6.07, 6.45) is 4.92. The first-order chi connectivity index (χ1) is 14.9. The maximum atomic E-state index is 13.4. The molecule has 3 rings (SSSR count). The number of hydrogen-bond donors (Lipinski definition) is 1. The Labute approximate surface area is 198 Å². The van der Waals surface area contributed by atoms with E-state index < -0.39 is 6.04 Å². The van der Waals surface area contributed by atoms with E-state index >= 15 is 0 Å². The second kappa shape index (κ2) is 11.2. The fourth-order valence-corrected chi connectivity index (χ4v) is 4.59. The summed E-state index contributed by atoms with van der Waals surface area (Å²) in [6, 6.07) is 12.0. The minimum absolute atomic E-state index is 0.107. The zero-order chi connectivity index (χ0) is 22.4. The number of halogens is 3. The fraction of sp³-hybridized carbons (Fsp3) is 0.417.